The highest BCUT2D eigenvalue weighted by molar-refractivity contribution is 5.88. The summed E-state index contributed by atoms with van der Waals surface area (Å²) >= 11 is 0. The van der Waals surface area contributed by atoms with E-state index in [2.05, 4.69) is 9.97 Å². The molecule has 7 nitrogen and oxygen atoms in total. The Morgan fingerprint density at radius 1 is 0.963 bits per heavy atom. The normalized spacial score (nSPS) is 14.8. The molecule has 0 unspecified atom stereocenters. The highest BCUT2D eigenvalue weighted by Crippen LogP contribution is 2.38. The Bertz CT molecular complexity index is 965. The maximum absolute atomic E-state index is 11.7. The van der Waals surface area contributed by atoms with Crippen LogP contribution in [0.25, 0.3) is 10.8 Å². The lowest BCUT2D eigenvalue weighted by Gasteiger charge is -2.22. The van der Waals surface area contributed by atoms with Crippen molar-refractivity contribution in [1.82, 2.24) is 9.97 Å². The van der Waals surface area contributed by atoms with Crippen LogP contribution < -0.4 is 9.47 Å². The summed E-state index contributed by atoms with van der Waals surface area (Å²) in [6.07, 6.45) is 6.22. The molecule has 138 valence electrons. The van der Waals surface area contributed by atoms with Gasteiger partial charge in [0, 0.05) is 5.39 Å². The third kappa shape index (κ3) is 3.67. The largest absolute Gasteiger partial charge is 0.469 e. The smallest absolute Gasteiger partial charge is 0.392 e. The molecule has 1 aliphatic carbocycles. The van der Waals surface area contributed by atoms with E-state index in [0.29, 0.717) is 5.75 Å². The summed E-state index contributed by atoms with van der Waals surface area (Å²) in [7, 11) is 0. The molecule has 27 heavy (non-hydrogen) atoms. The van der Waals surface area contributed by atoms with Gasteiger partial charge in [0.25, 0.3) is 0 Å². The van der Waals surface area contributed by atoms with Gasteiger partial charge in [-0.25, -0.2) is 0 Å². The van der Waals surface area contributed by atoms with E-state index in [1.54, 1.807) is 6.07 Å². The summed E-state index contributed by atoms with van der Waals surface area (Å²) in [6.45, 7) is 0. The van der Waals surface area contributed by atoms with Crippen molar-refractivity contribution in [3.63, 3.8) is 0 Å². The predicted molar refractivity (Wildman–Crippen MR) is 100 cm³/mol. The number of hydrogen-bond acceptors (Lipinski definition) is 6. The minimum Gasteiger partial charge on any atom is -0.469 e. The van der Waals surface area contributed by atoms with Crippen molar-refractivity contribution in [2.45, 2.75) is 38.2 Å². The van der Waals surface area contributed by atoms with Crippen LogP contribution in [0.5, 0.6) is 17.5 Å². The number of fused-ring (bicyclic) bond motifs is 1. The summed E-state index contributed by atoms with van der Waals surface area (Å²) in [6, 6.07) is 13.2. The molecule has 0 amide bonds. The molecular formula is C20H19N3O4. The van der Waals surface area contributed by atoms with Gasteiger partial charge in [-0.2, -0.15) is 9.97 Å². The molecular weight excluding hydrogens is 346 g/mol. The molecule has 4 rings (SSSR count). The highest BCUT2D eigenvalue weighted by Gasteiger charge is 2.29. The fraction of sp³-hybridized carbons (Fsp3) is 0.300. The van der Waals surface area contributed by atoms with E-state index in [0.717, 1.165) is 36.5 Å². The average Bonchev–Trinajstić information content (AvgIpc) is 2.69. The van der Waals surface area contributed by atoms with Crippen molar-refractivity contribution >= 4 is 16.5 Å². The summed E-state index contributed by atoms with van der Waals surface area (Å²) in [5.41, 5.74) is -0.337. The summed E-state index contributed by atoms with van der Waals surface area (Å²) in [5, 5.41) is 13.5. The summed E-state index contributed by atoms with van der Waals surface area (Å²) < 4.78 is 11.7. The zero-order valence-corrected chi connectivity index (χ0v) is 14.7. The van der Waals surface area contributed by atoms with Crippen LogP contribution in [0.1, 0.15) is 32.1 Å². The molecule has 7 heteroatoms. The van der Waals surface area contributed by atoms with Crippen molar-refractivity contribution in [3.05, 3.63) is 58.9 Å². The van der Waals surface area contributed by atoms with Crippen molar-refractivity contribution in [1.29, 1.82) is 0 Å². The lowest BCUT2D eigenvalue weighted by atomic mass is 9.98. The molecule has 0 bridgehead atoms. The highest BCUT2D eigenvalue weighted by atomic mass is 16.6. The Balaban J connectivity index is 1.69. The Labute approximate surface area is 156 Å². The van der Waals surface area contributed by atoms with Gasteiger partial charge in [0.15, 0.2) is 0 Å². The number of nitrogens with zero attached hydrogens (tertiary/aromatic N) is 3. The SMILES string of the molecule is O=[N+]([O-])c1c(Oc2cccc3ccccc23)ncnc1OC1CCCCC1. The monoisotopic (exact) mass is 365 g/mol. The standard InChI is InChI=1S/C20H19N3O4/c24-23(25)18-19(26-15-9-2-1-3-10-15)21-13-22-20(18)27-17-12-6-8-14-7-4-5-11-16(14)17/h4-8,11-13,15H,1-3,9-10H2. The maximum atomic E-state index is 11.7. The van der Waals surface area contributed by atoms with Crippen LogP contribution in [0.3, 0.4) is 0 Å². The molecule has 0 atom stereocenters. The van der Waals surface area contributed by atoms with Gasteiger partial charge in [-0.3, -0.25) is 10.1 Å². The van der Waals surface area contributed by atoms with Gasteiger partial charge in [-0.15, -0.1) is 0 Å². The van der Waals surface area contributed by atoms with Crippen molar-refractivity contribution < 1.29 is 14.4 Å². The second-order valence-electron chi connectivity index (χ2n) is 6.55. The van der Waals surface area contributed by atoms with Crippen molar-refractivity contribution in [2.24, 2.45) is 0 Å². The van der Waals surface area contributed by atoms with Gasteiger partial charge >= 0.3 is 17.4 Å². The van der Waals surface area contributed by atoms with E-state index < -0.39 is 4.92 Å². The van der Waals surface area contributed by atoms with E-state index in [4.69, 9.17) is 9.47 Å². The molecule has 1 fully saturated rings. The number of nitro groups is 1. The first-order valence-electron chi connectivity index (χ1n) is 9.04. The molecule has 0 N–H and O–H groups in total. The molecule has 2 aromatic carbocycles. The van der Waals surface area contributed by atoms with Crippen LogP contribution in [0, 0.1) is 10.1 Å². The zero-order valence-electron chi connectivity index (χ0n) is 14.7. The van der Waals surface area contributed by atoms with Crippen LogP contribution >= 0.6 is 0 Å². The molecule has 0 spiro atoms. The molecule has 0 radical (unpaired) electrons. The number of hydrogen-bond donors (Lipinski definition) is 0. The van der Waals surface area contributed by atoms with Gasteiger partial charge < -0.3 is 9.47 Å². The third-order valence-electron chi connectivity index (χ3n) is 4.72. The fourth-order valence-electron chi connectivity index (χ4n) is 3.39. The number of aromatic nitrogens is 2. The third-order valence-corrected chi connectivity index (χ3v) is 4.72. The van der Waals surface area contributed by atoms with E-state index in [9.17, 15) is 10.1 Å². The topological polar surface area (TPSA) is 87.4 Å². The minimum atomic E-state index is -0.543. The molecule has 0 aliphatic heterocycles. The number of rotatable bonds is 5. The van der Waals surface area contributed by atoms with E-state index in [-0.39, 0.29) is 23.6 Å². The molecule has 1 aromatic heterocycles. The Morgan fingerprint density at radius 3 is 2.52 bits per heavy atom. The average molecular weight is 365 g/mol. The first-order valence-corrected chi connectivity index (χ1v) is 9.04. The second-order valence-corrected chi connectivity index (χ2v) is 6.55. The number of benzene rings is 2. The van der Waals surface area contributed by atoms with E-state index >= 15 is 0 Å². The van der Waals surface area contributed by atoms with Crippen LogP contribution in [0.2, 0.25) is 0 Å². The predicted octanol–water partition coefficient (Wildman–Crippen LogP) is 5.04. The molecule has 0 saturated heterocycles. The summed E-state index contributed by atoms with van der Waals surface area (Å²) in [4.78, 5) is 19.2. The molecule has 1 heterocycles. The van der Waals surface area contributed by atoms with E-state index in [1.165, 1.54) is 12.7 Å². The van der Waals surface area contributed by atoms with Crippen molar-refractivity contribution in [2.75, 3.05) is 0 Å². The van der Waals surface area contributed by atoms with E-state index in [1.807, 2.05) is 36.4 Å². The van der Waals surface area contributed by atoms with Crippen LogP contribution in [-0.2, 0) is 0 Å². The Kier molecular flexibility index (Phi) is 4.82. The van der Waals surface area contributed by atoms with Gasteiger partial charge in [0.1, 0.15) is 18.2 Å². The van der Waals surface area contributed by atoms with Crippen LogP contribution in [-0.4, -0.2) is 21.0 Å². The van der Waals surface area contributed by atoms with Crippen LogP contribution in [0.4, 0.5) is 5.69 Å². The van der Waals surface area contributed by atoms with Crippen molar-refractivity contribution in [3.8, 4) is 17.5 Å². The first kappa shape index (κ1) is 17.2. The lowest BCUT2D eigenvalue weighted by molar-refractivity contribution is -0.387. The Morgan fingerprint density at radius 2 is 1.70 bits per heavy atom. The summed E-state index contributed by atoms with van der Waals surface area (Å²) in [5.74, 6) is 0.354. The minimum absolute atomic E-state index is 0.0304. The first-order chi connectivity index (χ1) is 13.2. The number of ether oxygens (including phenoxy) is 2. The van der Waals surface area contributed by atoms with Gasteiger partial charge in [-0.1, -0.05) is 42.8 Å². The molecule has 1 aliphatic rings. The maximum Gasteiger partial charge on any atom is 0.392 e. The Hall–Kier alpha value is -3.22. The zero-order chi connectivity index (χ0) is 18.6. The second kappa shape index (κ2) is 7.57. The fourth-order valence-corrected chi connectivity index (χ4v) is 3.39. The van der Waals surface area contributed by atoms with Crippen LogP contribution in [0.15, 0.2) is 48.8 Å². The quantitative estimate of drug-likeness (QED) is 0.465. The van der Waals surface area contributed by atoms with Gasteiger partial charge in [0.2, 0.25) is 0 Å². The van der Waals surface area contributed by atoms with Gasteiger partial charge in [0.05, 0.1) is 4.92 Å². The molecule has 3 aromatic rings. The lowest BCUT2D eigenvalue weighted by Crippen LogP contribution is -2.21. The van der Waals surface area contributed by atoms with Gasteiger partial charge in [-0.05, 0) is 37.1 Å². The molecule has 1 saturated carbocycles.